The van der Waals surface area contributed by atoms with Gasteiger partial charge in [-0.3, -0.25) is 20.0 Å². The first-order valence-corrected chi connectivity index (χ1v) is 13.1. The van der Waals surface area contributed by atoms with Gasteiger partial charge in [-0.2, -0.15) is 5.10 Å². The van der Waals surface area contributed by atoms with Crippen LogP contribution >= 0.6 is 11.3 Å². The molecule has 0 unspecified atom stereocenters. The Balaban J connectivity index is 1.28. The molecule has 7 rings (SSSR count). The number of nitrogens with zero attached hydrogens (tertiary/aromatic N) is 5. The predicted octanol–water partition coefficient (Wildman–Crippen LogP) is 6.20. The average Bonchev–Trinajstić information content (AvgIpc) is 3.70. The summed E-state index contributed by atoms with van der Waals surface area (Å²) in [5.74, 6) is 0. The van der Waals surface area contributed by atoms with Crippen LogP contribution in [0.1, 0.15) is 23.3 Å². The molecule has 1 aliphatic rings. The number of hydrogen-bond acceptors (Lipinski definition) is 6. The summed E-state index contributed by atoms with van der Waals surface area (Å²) in [6.45, 7) is 5.42. The molecule has 0 atom stereocenters. The van der Waals surface area contributed by atoms with Crippen molar-refractivity contribution >= 4 is 33.3 Å². The number of nitrogens with one attached hydrogen (secondary N) is 2. The number of rotatable bonds is 5. The van der Waals surface area contributed by atoms with E-state index in [0.717, 1.165) is 50.9 Å². The Hall–Kier alpha value is -3.88. The number of likely N-dealkylation sites (tertiary alicyclic amines) is 1. The maximum absolute atomic E-state index is 4.65. The van der Waals surface area contributed by atoms with E-state index in [1.165, 1.54) is 41.2 Å². The van der Waals surface area contributed by atoms with Gasteiger partial charge in [0.05, 0.1) is 23.1 Å². The third kappa shape index (κ3) is 3.79. The monoisotopic (exact) mass is 491 g/mol. The first-order chi connectivity index (χ1) is 17.7. The van der Waals surface area contributed by atoms with Gasteiger partial charge in [-0.25, -0.2) is 4.98 Å². The lowest BCUT2D eigenvalue weighted by Gasteiger charge is -2.14. The zero-order chi connectivity index (χ0) is 24.1. The molecule has 6 aromatic heterocycles. The zero-order valence-corrected chi connectivity index (χ0v) is 20.8. The summed E-state index contributed by atoms with van der Waals surface area (Å²) in [6.07, 6.45) is 12.2. The smallest absolute Gasteiger partial charge is 0.181 e. The topological polar surface area (TPSA) is 86.4 Å². The Bertz CT molecular complexity index is 1700. The standard InChI is InChI=1S/C28H25N7S/c1-17-4-5-26(36-17)23-14-30-15-25-21(23)10-24(32-25)27-22-9-20(13-31-28(22)34-33-27)19-8-18(11-29-12-19)16-35-6-2-3-7-35/h4-5,8-15,32H,2-3,6-7,16H2,1H3,(H,31,33,34). The molecule has 6 aromatic rings. The molecule has 178 valence electrons. The Morgan fingerprint density at radius 1 is 0.917 bits per heavy atom. The number of pyridine rings is 3. The van der Waals surface area contributed by atoms with Gasteiger partial charge in [0.15, 0.2) is 5.65 Å². The Labute approximate surface area is 212 Å². The van der Waals surface area contributed by atoms with Gasteiger partial charge >= 0.3 is 0 Å². The van der Waals surface area contributed by atoms with E-state index in [1.54, 1.807) is 11.3 Å². The van der Waals surface area contributed by atoms with Crippen LogP contribution in [0.5, 0.6) is 0 Å². The molecule has 0 spiro atoms. The zero-order valence-electron chi connectivity index (χ0n) is 20.0. The number of fused-ring (bicyclic) bond motifs is 2. The number of aromatic amines is 2. The van der Waals surface area contributed by atoms with Crippen molar-refractivity contribution < 1.29 is 0 Å². The normalized spacial score (nSPS) is 14.4. The fourth-order valence-corrected chi connectivity index (χ4v) is 6.05. The summed E-state index contributed by atoms with van der Waals surface area (Å²) in [7, 11) is 0. The van der Waals surface area contributed by atoms with Gasteiger partial charge in [0.2, 0.25) is 0 Å². The highest BCUT2D eigenvalue weighted by atomic mass is 32.1. The highest BCUT2D eigenvalue weighted by molar-refractivity contribution is 7.15. The van der Waals surface area contributed by atoms with Crippen molar-refractivity contribution in [2.75, 3.05) is 13.1 Å². The van der Waals surface area contributed by atoms with Gasteiger partial charge in [-0.1, -0.05) is 0 Å². The molecule has 0 amide bonds. The van der Waals surface area contributed by atoms with Gasteiger partial charge in [0.1, 0.15) is 0 Å². The minimum absolute atomic E-state index is 0.695. The van der Waals surface area contributed by atoms with E-state index in [1.807, 2.05) is 31.0 Å². The predicted molar refractivity (Wildman–Crippen MR) is 145 cm³/mol. The third-order valence-corrected chi connectivity index (χ3v) is 8.00. The van der Waals surface area contributed by atoms with Gasteiger partial charge in [0.25, 0.3) is 0 Å². The van der Waals surface area contributed by atoms with Crippen molar-refractivity contribution in [2.45, 2.75) is 26.3 Å². The minimum Gasteiger partial charge on any atom is -0.352 e. The Morgan fingerprint density at radius 3 is 2.64 bits per heavy atom. The van der Waals surface area contributed by atoms with Crippen LogP contribution in [0.15, 0.2) is 61.3 Å². The van der Waals surface area contributed by atoms with Gasteiger partial charge in [-0.15, -0.1) is 11.3 Å². The SMILES string of the molecule is Cc1ccc(-c2cncc3[nH]c(-c4[nH]nc5ncc(-c6cncc(CN7CCCC7)c6)cc45)cc23)s1. The molecule has 8 heteroatoms. The molecule has 1 saturated heterocycles. The maximum Gasteiger partial charge on any atom is 0.181 e. The summed E-state index contributed by atoms with van der Waals surface area (Å²) in [5.41, 5.74) is 8.07. The first kappa shape index (κ1) is 21.4. The Morgan fingerprint density at radius 2 is 1.78 bits per heavy atom. The average molecular weight is 492 g/mol. The van der Waals surface area contributed by atoms with E-state index >= 15 is 0 Å². The van der Waals surface area contributed by atoms with Crippen LogP contribution in [0.3, 0.4) is 0 Å². The molecule has 1 fully saturated rings. The van der Waals surface area contributed by atoms with Crippen LogP contribution in [-0.2, 0) is 6.54 Å². The maximum atomic E-state index is 4.65. The number of hydrogen-bond donors (Lipinski definition) is 2. The van der Waals surface area contributed by atoms with Gasteiger partial charge in [-0.05, 0) is 68.8 Å². The molecule has 2 N–H and O–H groups in total. The molecule has 0 radical (unpaired) electrons. The first-order valence-electron chi connectivity index (χ1n) is 12.3. The highest BCUT2D eigenvalue weighted by Gasteiger charge is 2.16. The van der Waals surface area contributed by atoms with E-state index in [0.29, 0.717) is 5.65 Å². The molecule has 0 aliphatic carbocycles. The quantitative estimate of drug-likeness (QED) is 0.300. The summed E-state index contributed by atoms with van der Waals surface area (Å²) in [4.78, 5) is 22.2. The van der Waals surface area contributed by atoms with Crippen molar-refractivity contribution in [1.82, 2.24) is 35.0 Å². The third-order valence-electron chi connectivity index (χ3n) is 6.96. The molecule has 0 aromatic carbocycles. The van der Waals surface area contributed by atoms with Crippen molar-refractivity contribution in [2.24, 2.45) is 0 Å². The minimum atomic E-state index is 0.695. The summed E-state index contributed by atoms with van der Waals surface area (Å²) in [6, 6.07) is 10.9. The summed E-state index contributed by atoms with van der Waals surface area (Å²) in [5, 5.41) is 9.81. The summed E-state index contributed by atoms with van der Waals surface area (Å²) < 4.78 is 0. The number of aryl methyl sites for hydroxylation is 1. The molecule has 36 heavy (non-hydrogen) atoms. The number of H-pyrrole nitrogens is 2. The lowest BCUT2D eigenvalue weighted by Crippen LogP contribution is -2.18. The molecular formula is C28H25N7S. The molecule has 7 nitrogen and oxygen atoms in total. The highest BCUT2D eigenvalue weighted by Crippen LogP contribution is 2.36. The number of aromatic nitrogens is 6. The van der Waals surface area contributed by atoms with Crippen LogP contribution in [0.25, 0.3) is 54.9 Å². The second-order valence-corrected chi connectivity index (χ2v) is 10.8. The lowest BCUT2D eigenvalue weighted by atomic mass is 10.1. The van der Waals surface area contributed by atoms with E-state index in [4.69, 9.17) is 0 Å². The largest absolute Gasteiger partial charge is 0.352 e. The Kier molecular flexibility index (Phi) is 5.15. The second kappa shape index (κ2) is 8.65. The van der Waals surface area contributed by atoms with Crippen LogP contribution in [0.4, 0.5) is 0 Å². The van der Waals surface area contributed by atoms with Crippen LogP contribution < -0.4 is 0 Å². The van der Waals surface area contributed by atoms with E-state index in [2.05, 4.69) is 72.3 Å². The van der Waals surface area contributed by atoms with Crippen molar-refractivity contribution in [3.05, 3.63) is 71.8 Å². The lowest BCUT2D eigenvalue weighted by molar-refractivity contribution is 0.331. The molecule has 0 saturated carbocycles. The van der Waals surface area contributed by atoms with E-state index in [-0.39, 0.29) is 0 Å². The molecule has 0 bridgehead atoms. The number of thiophene rings is 1. The van der Waals surface area contributed by atoms with Crippen LogP contribution in [-0.4, -0.2) is 48.1 Å². The molecule has 1 aliphatic heterocycles. The fourth-order valence-electron chi connectivity index (χ4n) is 5.16. The summed E-state index contributed by atoms with van der Waals surface area (Å²) >= 11 is 1.78. The van der Waals surface area contributed by atoms with Crippen LogP contribution in [0, 0.1) is 6.92 Å². The van der Waals surface area contributed by atoms with Crippen molar-refractivity contribution in [3.8, 4) is 33.0 Å². The molecular weight excluding hydrogens is 466 g/mol. The van der Waals surface area contributed by atoms with Gasteiger partial charge in [0, 0.05) is 68.5 Å². The van der Waals surface area contributed by atoms with Gasteiger partial charge < -0.3 is 4.98 Å². The fraction of sp³-hybridized carbons (Fsp3) is 0.214. The van der Waals surface area contributed by atoms with E-state index in [9.17, 15) is 0 Å². The molecule has 7 heterocycles. The van der Waals surface area contributed by atoms with Crippen LogP contribution in [0.2, 0.25) is 0 Å². The van der Waals surface area contributed by atoms with E-state index < -0.39 is 0 Å². The van der Waals surface area contributed by atoms with Crippen molar-refractivity contribution in [1.29, 1.82) is 0 Å². The second-order valence-electron chi connectivity index (χ2n) is 9.50. The van der Waals surface area contributed by atoms with Crippen molar-refractivity contribution in [3.63, 3.8) is 0 Å².